The lowest BCUT2D eigenvalue weighted by Gasteiger charge is -2.31. The molecule has 13 heteroatoms. The van der Waals surface area contributed by atoms with E-state index in [9.17, 15) is 19.1 Å². The Bertz CT molecular complexity index is 1770. The van der Waals surface area contributed by atoms with Crippen LogP contribution in [0.1, 0.15) is 34.8 Å². The van der Waals surface area contributed by atoms with Gasteiger partial charge in [-0.25, -0.2) is 19.2 Å². The largest absolute Gasteiger partial charge is 0.494 e. The number of aliphatic hydroxyl groups excluding tert-OH is 1. The van der Waals surface area contributed by atoms with E-state index >= 15 is 0 Å². The first-order valence-corrected chi connectivity index (χ1v) is 15.1. The topological polar surface area (TPSA) is 141 Å². The smallest absolute Gasteiger partial charge is 0.266 e. The van der Waals surface area contributed by atoms with Gasteiger partial charge in [0, 0.05) is 57.8 Å². The summed E-state index contributed by atoms with van der Waals surface area (Å²) < 4.78 is 41.1. The Labute approximate surface area is 271 Å². The number of rotatable bonds is 13. The minimum atomic E-state index is -1.66. The van der Waals surface area contributed by atoms with Crippen molar-refractivity contribution in [3.63, 3.8) is 0 Å². The molecule has 0 saturated heterocycles. The molecular weight excluding hydrogens is 662 g/mol. The number of carbonyl (C=O) groups is 1. The monoisotopic (exact) mass is 690 g/mol. The number of hydrazine groups is 1. The van der Waals surface area contributed by atoms with Gasteiger partial charge in [-0.15, -0.1) is 0 Å². The second-order valence-corrected chi connectivity index (χ2v) is 11.3. The fraction of sp³-hybridized carbons (Fsp3) is 0.212. The molecule has 10 nitrogen and oxygen atoms in total. The van der Waals surface area contributed by atoms with Crippen molar-refractivity contribution in [1.82, 2.24) is 10.9 Å². The van der Waals surface area contributed by atoms with Crippen molar-refractivity contribution in [3.8, 4) is 5.75 Å². The second-order valence-electron chi connectivity index (χ2n) is 10.4. The maximum Gasteiger partial charge on any atom is 0.266 e. The Balaban J connectivity index is 1.56. The molecule has 1 amide bonds. The number of azide groups is 1. The van der Waals surface area contributed by atoms with Gasteiger partial charge in [0.2, 0.25) is 5.90 Å². The average molecular weight is 692 g/mol. The molecule has 5 rings (SSSR count). The minimum absolute atomic E-state index is 0.00991. The first-order chi connectivity index (χ1) is 22.3. The van der Waals surface area contributed by atoms with Crippen LogP contribution in [0.5, 0.6) is 5.75 Å². The van der Waals surface area contributed by atoms with Crippen LogP contribution >= 0.6 is 15.9 Å². The maximum absolute atomic E-state index is 14.3. The van der Waals surface area contributed by atoms with Crippen molar-refractivity contribution in [2.24, 2.45) is 10.1 Å². The number of hydrogen-bond acceptors (Lipinski definition) is 7. The highest BCUT2D eigenvalue weighted by Gasteiger charge is 2.54. The van der Waals surface area contributed by atoms with Crippen LogP contribution in [0.2, 0.25) is 0 Å². The Kier molecular flexibility index (Phi) is 10.6. The Morgan fingerprint density at radius 3 is 2.59 bits per heavy atom. The SMILES string of the molecule is [N-]=[N+]=Nc1ccccc1[C@@H]1OC(c2ccc(OCCCO)cc2)=N[C@]1(Cc1ccc(Br)cc1)C(=O)NNCc1cc(F)ccc1F. The van der Waals surface area contributed by atoms with Crippen molar-refractivity contribution in [2.45, 2.75) is 31.0 Å². The molecule has 0 fully saturated rings. The minimum Gasteiger partial charge on any atom is -0.494 e. The molecule has 1 heterocycles. The number of carbonyl (C=O) groups excluding carboxylic acids is 1. The zero-order valence-electron chi connectivity index (χ0n) is 24.4. The molecule has 0 aromatic heterocycles. The van der Waals surface area contributed by atoms with Gasteiger partial charge < -0.3 is 14.6 Å². The van der Waals surface area contributed by atoms with Gasteiger partial charge in [-0.3, -0.25) is 10.2 Å². The molecule has 0 spiro atoms. The van der Waals surface area contributed by atoms with Gasteiger partial charge in [0.25, 0.3) is 5.91 Å². The van der Waals surface area contributed by atoms with Crippen LogP contribution in [0.4, 0.5) is 14.5 Å². The number of nitrogens with one attached hydrogen (secondary N) is 2. The number of hydrogen-bond donors (Lipinski definition) is 3. The van der Waals surface area contributed by atoms with Crippen molar-refractivity contribution in [2.75, 3.05) is 13.2 Å². The van der Waals surface area contributed by atoms with Gasteiger partial charge in [-0.05, 0) is 65.7 Å². The van der Waals surface area contributed by atoms with Gasteiger partial charge in [-0.2, -0.15) is 0 Å². The summed E-state index contributed by atoms with van der Waals surface area (Å²) in [5, 5.41) is 12.9. The molecule has 4 aromatic rings. The number of benzene rings is 4. The van der Waals surface area contributed by atoms with Crippen LogP contribution in [0.15, 0.2) is 106 Å². The second kappa shape index (κ2) is 15.0. The summed E-state index contributed by atoms with van der Waals surface area (Å²) in [4.78, 5) is 22.2. The normalized spacial score (nSPS) is 17.0. The lowest BCUT2D eigenvalue weighted by molar-refractivity contribution is -0.130. The van der Waals surface area contributed by atoms with E-state index in [-0.39, 0.29) is 36.7 Å². The molecule has 3 N–H and O–H groups in total. The standard InChI is InChI=1S/C33H29BrF2N6O4/c34-24-10-6-21(7-11-24)19-33(32(44)41-38-20-23-18-25(35)12-15-28(23)36)30(27-4-1-2-5-29(27)40-42-37)46-31(39-33)22-8-13-26(14-9-22)45-17-3-16-43/h1-2,4-15,18,30,38,43H,3,16-17,19-20H2,(H,41,44)/t30-,33-/m0/s1. The van der Waals surface area contributed by atoms with Crippen LogP contribution in [-0.2, 0) is 22.5 Å². The quantitative estimate of drug-likeness (QED) is 0.0468. The van der Waals surface area contributed by atoms with E-state index in [1.165, 1.54) is 0 Å². The van der Waals surface area contributed by atoms with Crippen LogP contribution < -0.4 is 15.6 Å². The molecule has 4 aromatic carbocycles. The van der Waals surface area contributed by atoms with Crippen LogP contribution in [0.25, 0.3) is 10.4 Å². The number of nitrogens with zero attached hydrogens (tertiary/aromatic N) is 4. The van der Waals surface area contributed by atoms with E-state index in [2.05, 4.69) is 36.8 Å². The van der Waals surface area contributed by atoms with Crippen molar-refractivity contribution in [3.05, 3.63) is 140 Å². The maximum atomic E-state index is 14.3. The number of ether oxygens (including phenoxy) is 2. The summed E-state index contributed by atoms with van der Waals surface area (Å²) in [5.74, 6) is -1.14. The van der Waals surface area contributed by atoms with E-state index in [1.54, 1.807) is 48.5 Å². The van der Waals surface area contributed by atoms with E-state index in [0.717, 1.165) is 28.2 Å². The Morgan fingerprint density at radius 1 is 1.09 bits per heavy atom. The van der Waals surface area contributed by atoms with Crippen LogP contribution in [-0.4, -0.2) is 35.7 Å². The predicted octanol–water partition coefficient (Wildman–Crippen LogP) is 6.75. The fourth-order valence-electron chi connectivity index (χ4n) is 5.03. The highest BCUT2D eigenvalue weighted by atomic mass is 79.9. The third kappa shape index (κ3) is 7.52. The Hall–Kier alpha value is -4.81. The number of aliphatic hydroxyl groups is 1. The van der Waals surface area contributed by atoms with Crippen LogP contribution in [0, 0.1) is 11.6 Å². The lowest BCUT2D eigenvalue weighted by Crippen LogP contribution is -2.53. The van der Waals surface area contributed by atoms with Crippen LogP contribution in [0.3, 0.4) is 0 Å². The third-order valence-corrected chi connectivity index (χ3v) is 7.81. The molecule has 2 atom stereocenters. The zero-order chi connectivity index (χ0) is 32.5. The van der Waals surface area contributed by atoms with Gasteiger partial charge in [0.15, 0.2) is 11.6 Å². The first kappa shape index (κ1) is 32.6. The molecular formula is C33H29BrF2N6O4. The summed E-state index contributed by atoms with van der Waals surface area (Å²) in [6.45, 7) is 0.142. The summed E-state index contributed by atoms with van der Waals surface area (Å²) in [5.41, 5.74) is 15.0. The highest BCUT2D eigenvalue weighted by Crippen LogP contribution is 2.45. The molecule has 0 unspecified atom stereocenters. The molecule has 46 heavy (non-hydrogen) atoms. The molecule has 1 aliphatic heterocycles. The predicted molar refractivity (Wildman–Crippen MR) is 171 cm³/mol. The molecule has 0 radical (unpaired) electrons. The van der Waals surface area contributed by atoms with Gasteiger partial charge >= 0.3 is 0 Å². The van der Waals surface area contributed by atoms with Crippen molar-refractivity contribution in [1.29, 1.82) is 0 Å². The third-order valence-electron chi connectivity index (χ3n) is 7.28. The van der Waals surface area contributed by atoms with E-state index in [0.29, 0.717) is 29.9 Å². The van der Waals surface area contributed by atoms with E-state index in [4.69, 9.17) is 19.6 Å². The zero-order valence-corrected chi connectivity index (χ0v) is 26.0. The summed E-state index contributed by atoms with van der Waals surface area (Å²) >= 11 is 3.44. The van der Waals surface area contributed by atoms with E-state index < -0.39 is 29.2 Å². The first-order valence-electron chi connectivity index (χ1n) is 14.3. The Morgan fingerprint density at radius 2 is 1.85 bits per heavy atom. The van der Waals surface area contributed by atoms with Gasteiger partial charge in [0.1, 0.15) is 17.4 Å². The van der Waals surface area contributed by atoms with Gasteiger partial charge in [0.05, 0.1) is 6.61 Å². The number of halogens is 3. The molecule has 0 saturated carbocycles. The number of amides is 1. The van der Waals surface area contributed by atoms with Crippen molar-refractivity contribution < 1.29 is 28.2 Å². The fourth-order valence-corrected chi connectivity index (χ4v) is 5.29. The highest BCUT2D eigenvalue weighted by molar-refractivity contribution is 9.10. The summed E-state index contributed by atoms with van der Waals surface area (Å²) in [6, 6.07) is 24.1. The molecule has 0 bridgehead atoms. The number of aliphatic imine (C=N–C) groups is 1. The summed E-state index contributed by atoms with van der Waals surface area (Å²) in [7, 11) is 0. The summed E-state index contributed by atoms with van der Waals surface area (Å²) in [6.07, 6.45) is -0.526. The van der Waals surface area contributed by atoms with Crippen molar-refractivity contribution >= 4 is 33.4 Å². The molecule has 236 valence electrons. The lowest BCUT2D eigenvalue weighted by atomic mass is 9.81. The van der Waals surface area contributed by atoms with E-state index in [1.807, 2.05) is 24.3 Å². The molecule has 0 aliphatic carbocycles. The van der Waals surface area contributed by atoms with Gasteiger partial charge in [-0.1, -0.05) is 57.4 Å². The molecule has 1 aliphatic rings. The average Bonchev–Trinajstić information content (AvgIpc) is 3.44.